The highest BCUT2D eigenvalue weighted by molar-refractivity contribution is 5.93. The second kappa shape index (κ2) is 5.62. The van der Waals surface area contributed by atoms with E-state index in [1.54, 1.807) is 12.4 Å². The number of likely N-dealkylation sites (tertiary alicyclic amines) is 1. The van der Waals surface area contributed by atoms with Crippen LogP contribution in [0, 0.1) is 12.3 Å². The molecule has 1 aliphatic rings. The number of rotatable bonds is 2. The number of aromatic nitrogens is 2. The largest absolute Gasteiger partial charge is 0.359 e. The topological polar surface area (TPSA) is 61.0 Å². The number of aromatic amines is 1. The standard InChI is InChI=1S/C20H22N4O/c1-13-10-15-11-16(4-5-17(15)22-13)23-19(25)24-12-20(2,3)18(24)14-6-8-21-9-7-14/h4-11,18,22H,12H2,1-3H3,(H,23,25). The lowest BCUT2D eigenvalue weighted by atomic mass is 9.72. The first-order chi connectivity index (χ1) is 11.9. The van der Waals surface area contributed by atoms with E-state index in [0.29, 0.717) is 0 Å². The maximum absolute atomic E-state index is 12.8. The van der Waals surface area contributed by atoms with Gasteiger partial charge in [-0.2, -0.15) is 0 Å². The second-order valence-electron chi connectivity index (χ2n) is 7.48. The molecule has 4 rings (SSSR count). The van der Waals surface area contributed by atoms with Gasteiger partial charge in [-0.25, -0.2) is 4.79 Å². The molecule has 1 aromatic carbocycles. The van der Waals surface area contributed by atoms with Gasteiger partial charge in [0, 0.05) is 46.6 Å². The highest BCUT2D eigenvalue weighted by Crippen LogP contribution is 2.48. The third kappa shape index (κ3) is 2.76. The molecule has 3 aromatic rings. The fraction of sp³-hybridized carbons (Fsp3) is 0.300. The van der Waals surface area contributed by atoms with Crippen LogP contribution in [0.1, 0.15) is 31.1 Å². The van der Waals surface area contributed by atoms with Gasteiger partial charge in [0.15, 0.2) is 0 Å². The van der Waals surface area contributed by atoms with Crippen LogP contribution in [-0.2, 0) is 0 Å². The Morgan fingerprint density at radius 2 is 2.00 bits per heavy atom. The Labute approximate surface area is 147 Å². The van der Waals surface area contributed by atoms with Crippen molar-refractivity contribution in [3.05, 3.63) is 60.0 Å². The quantitative estimate of drug-likeness (QED) is 0.725. The van der Waals surface area contributed by atoms with Crippen molar-refractivity contribution in [2.24, 2.45) is 5.41 Å². The Kier molecular flexibility index (Phi) is 3.53. The Morgan fingerprint density at radius 3 is 2.72 bits per heavy atom. The number of aryl methyl sites for hydroxylation is 1. The smallest absolute Gasteiger partial charge is 0.322 e. The van der Waals surface area contributed by atoms with Gasteiger partial charge in [0.1, 0.15) is 0 Å². The van der Waals surface area contributed by atoms with Crippen LogP contribution < -0.4 is 5.32 Å². The molecule has 25 heavy (non-hydrogen) atoms. The number of pyridine rings is 1. The number of nitrogens with zero attached hydrogens (tertiary/aromatic N) is 2. The molecule has 5 nitrogen and oxygen atoms in total. The number of carbonyl (C=O) groups is 1. The number of hydrogen-bond donors (Lipinski definition) is 2. The van der Waals surface area contributed by atoms with Crippen LogP contribution in [0.25, 0.3) is 10.9 Å². The molecule has 2 aromatic heterocycles. The average molecular weight is 334 g/mol. The van der Waals surface area contributed by atoms with Crippen molar-refractivity contribution < 1.29 is 4.79 Å². The number of carbonyl (C=O) groups excluding carboxylic acids is 1. The summed E-state index contributed by atoms with van der Waals surface area (Å²) in [7, 11) is 0. The van der Waals surface area contributed by atoms with E-state index in [1.807, 2.05) is 42.2 Å². The summed E-state index contributed by atoms with van der Waals surface area (Å²) in [6.45, 7) is 7.14. The van der Waals surface area contributed by atoms with Crippen LogP contribution in [-0.4, -0.2) is 27.4 Å². The van der Waals surface area contributed by atoms with Crippen molar-refractivity contribution in [3.8, 4) is 0 Å². The average Bonchev–Trinajstić information content (AvgIpc) is 2.93. The van der Waals surface area contributed by atoms with Gasteiger partial charge in [0.25, 0.3) is 0 Å². The molecule has 1 unspecified atom stereocenters. The zero-order valence-corrected chi connectivity index (χ0v) is 14.7. The lowest BCUT2D eigenvalue weighted by Crippen LogP contribution is -2.59. The first-order valence-electron chi connectivity index (χ1n) is 8.51. The molecule has 0 bridgehead atoms. The maximum atomic E-state index is 12.8. The van der Waals surface area contributed by atoms with Gasteiger partial charge >= 0.3 is 6.03 Å². The first-order valence-corrected chi connectivity index (χ1v) is 8.51. The summed E-state index contributed by atoms with van der Waals surface area (Å²) in [4.78, 5) is 22.1. The summed E-state index contributed by atoms with van der Waals surface area (Å²) >= 11 is 0. The monoisotopic (exact) mass is 334 g/mol. The summed E-state index contributed by atoms with van der Waals surface area (Å²) in [5.74, 6) is 0. The van der Waals surface area contributed by atoms with E-state index in [1.165, 1.54) is 0 Å². The van der Waals surface area contributed by atoms with Crippen molar-refractivity contribution in [1.82, 2.24) is 14.9 Å². The Balaban J connectivity index is 1.55. The van der Waals surface area contributed by atoms with Crippen molar-refractivity contribution in [3.63, 3.8) is 0 Å². The molecule has 2 N–H and O–H groups in total. The fourth-order valence-electron chi connectivity index (χ4n) is 3.84. The van der Waals surface area contributed by atoms with Gasteiger partial charge in [0.2, 0.25) is 0 Å². The summed E-state index contributed by atoms with van der Waals surface area (Å²) in [5.41, 5.74) is 4.18. The summed E-state index contributed by atoms with van der Waals surface area (Å²) < 4.78 is 0. The minimum absolute atomic E-state index is 0.0560. The lowest BCUT2D eigenvalue weighted by Gasteiger charge is -2.54. The SMILES string of the molecule is Cc1cc2cc(NC(=O)N3CC(C)(C)C3c3ccncc3)ccc2[nH]1. The van der Waals surface area contributed by atoms with Gasteiger partial charge in [-0.3, -0.25) is 4.98 Å². The van der Waals surface area contributed by atoms with E-state index >= 15 is 0 Å². The predicted octanol–water partition coefficient (Wildman–Crippen LogP) is 4.49. The van der Waals surface area contributed by atoms with E-state index in [9.17, 15) is 4.79 Å². The number of nitrogens with one attached hydrogen (secondary N) is 2. The highest BCUT2D eigenvalue weighted by atomic mass is 16.2. The number of benzene rings is 1. The molecular weight excluding hydrogens is 312 g/mol. The summed E-state index contributed by atoms with van der Waals surface area (Å²) in [6, 6.07) is 12.0. The van der Waals surface area contributed by atoms with Crippen LogP contribution in [0.15, 0.2) is 48.8 Å². The molecule has 1 aliphatic heterocycles. The van der Waals surface area contributed by atoms with Gasteiger partial charge in [-0.1, -0.05) is 13.8 Å². The van der Waals surface area contributed by atoms with E-state index in [0.717, 1.165) is 34.4 Å². The summed E-state index contributed by atoms with van der Waals surface area (Å²) in [6.07, 6.45) is 3.56. The number of urea groups is 1. The first kappa shape index (κ1) is 15.7. The van der Waals surface area contributed by atoms with Crippen LogP contribution >= 0.6 is 0 Å². The predicted molar refractivity (Wildman–Crippen MR) is 99.5 cm³/mol. The van der Waals surface area contributed by atoms with Gasteiger partial charge < -0.3 is 15.2 Å². The van der Waals surface area contributed by atoms with E-state index in [4.69, 9.17) is 0 Å². The Morgan fingerprint density at radius 1 is 1.24 bits per heavy atom. The van der Waals surface area contributed by atoms with Crippen molar-refractivity contribution in [1.29, 1.82) is 0 Å². The maximum Gasteiger partial charge on any atom is 0.322 e. The second-order valence-corrected chi connectivity index (χ2v) is 7.48. The number of anilines is 1. The van der Waals surface area contributed by atoms with Gasteiger partial charge in [0.05, 0.1) is 6.04 Å². The molecular formula is C20H22N4O. The van der Waals surface area contributed by atoms with Crippen molar-refractivity contribution >= 4 is 22.6 Å². The summed E-state index contributed by atoms with van der Waals surface area (Å²) in [5, 5.41) is 4.14. The molecule has 5 heteroatoms. The third-order valence-corrected chi connectivity index (χ3v) is 4.92. The normalized spacial score (nSPS) is 18.8. The number of hydrogen-bond acceptors (Lipinski definition) is 2. The third-order valence-electron chi connectivity index (χ3n) is 4.92. The molecule has 1 atom stereocenters. The molecule has 0 spiro atoms. The zero-order chi connectivity index (χ0) is 17.6. The molecule has 128 valence electrons. The lowest BCUT2D eigenvalue weighted by molar-refractivity contribution is -0.0115. The molecule has 0 radical (unpaired) electrons. The molecule has 2 amide bonds. The van der Waals surface area contributed by atoms with E-state index < -0.39 is 0 Å². The van der Waals surface area contributed by atoms with Crippen molar-refractivity contribution in [2.75, 3.05) is 11.9 Å². The molecule has 0 saturated carbocycles. The van der Waals surface area contributed by atoms with Crippen LogP contribution in [0.4, 0.5) is 10.5 Å². The van der Waals surface area contributed by atoms with Gasteiger partial charge in [-0.15, -0.1) is 0 Å². The number of amides is 2. The number of fused-ring (bicyclic) bond motifs is 1. The zero-order valence-electron chi connectivity index (χ0n) is 14.7. The highest BCUT2D eigenvalue weighted by Gasteiger charge is 2.48. The van der Waals surface area contributed by atoms with E-state index in [-0.39, 0.29) is 17.5 Å². The Bertz CT molecular complexity index is 929. The van der Waals surface area contributed by atoms with Gasteiger partial charge in [-0.05, 0) is 48.9 Å². The molecule has 1 saturated heterocycles. The molecule has 1 fully saturated rings. The fourth-order valence-corrected chi connectivity index (χ4v) is 3.84. The van der Waals surface area contributed by atoms with Crippen LogP contribution in [0.5, 0.6) is 0 Å². The Hall–Kier alpha value is -2.82. The van der Waals surface area contributed by atoms with Crippen LogP contribution in [0.3, 0.4) is 0 Å². The van der Waals surface area contributed by atoms with Crippen molar-refractivity contribution in [2.45, 2.75) is 26.8 Å². The van der Waals surface area contributed by atoms with Crippen LogP contribution in [0.2, 0.25) is 0 Å². The molecule has 3 heterocycles. The molecule has 0 aliphatic carbocycles. The minimum atomic E-state index is -0.0623. The minimum Gasteiger partial charge on any atom is -0.359 e. The number of H-pyrrole nitrogens is 1. The van der Waals surface area contributed by atoms with E-state index in [2.05, 4.69) is 35.2 Å².